The number of nitrogens with zero attached hydrogens (tertiary/aromatic N) is 1. The van der Waals surface area contributed by atoms with Gasteiger partial charge in [0.2, 0.25) is 0 Å². The van der Waals surface area contributed by atoms with Crippen molar-refractivity contribution in [2.24, 2.45) is 0 Å². The highest BCUT2D eigenvalue weighted by Gasteiger charge is 2.41. The molecule has 1 aromatic carbocycles. The SMILES string of the molecule is CNC1(c2nc(C)c(C)s2)CCc2ccc(OC)cc21. The maximum absolute atomic E-state index is 5.40. The highest BCUT2D eigenvalue weighted by atomic mass is 32.1. The Morgan fingerprint density at radius 1 is 1.35 bits per heavy atom. The first-order valence-electron chi connectivity index (χ1n) is 6.91. The number of methoxy groups -OCH3 is 1. The van der Waals surface area contributed by atoms with Crippen molar-refractivity contribution in [3.8, 4) is 5.75 Å². The van der Waals surface area contributed by atoms with Gasteiger partial charge in [-0.2, -0.15) is 0 Å². The Balaban J connectivity index is 2.17. The van der Waals surface area contributed by atoms with Crippen LogP contribution in [0.4, 0.5) is 0 Å². The number of fused-ring (bicyclic) bond motifs is 1. The lowest BCUT2D eigenvalue weighted by molar-refractivity contribution is 0.407. The Kier molecular flexibility index (Phi) is 3.30. The molecule has 0 aliphatic heterocycles. The molecule has 0 saturated heterocycles. The molecule has 0 saturated carbocycles. The van der Waals surface area contributed by atoms with Crippen LogP contribution in [-0.2, 0) is 12.0 Å². The van der Waals surface area contributed by atoms with Gasteiger partial charge in [0.1, 0.15) is 10.8 Å². The van der Waals surface area contributed by atoms with Gasteiger partial charge in [-0.25, -0.2) is 4.98 Å². The van der Waals surface area contributed by atoms with Gasteiger partial charge < -0.3 is 10.1 Å². The van der Waals surface area contributed by atoms with E-state index in [0.717, 1.165) is 24.3 Å². The van der Waals surface area contributed by atoms with E-state index in [1.807, 2.05) is 13.1 Å². The summed E-state index contributed by atoms with van der Waals surface area (Å²) in [6.45, 7) is 4.22. The van der Waals surface area contributed by atoms with Crippen LogP contribution in [0.15, 0.2) is 18.2 Å². The molecule has 106 valence electrons. The van der Waals surface area contributed by atoms with E-state index in [4.69, 9.17) is 9.72 Å². The molecule has 4 heteroatoms. The number of hydrogen-bond donors (Lipinski definition) is 1. The zero-order valence-electron chi connectivity index (χ0n) is 12.4. The van der Waals surface area contributed by atoms with Crippen LogP contribution in [0.3, 0.4) is 0 Å². The molecule has 1 aliphatic carbocycles. The van der Waals surface area contributed by atoms with Crippen molar-refractivity contribution in [2.75, 3.05) is 14.2 Å². The van der Waals surface area contributed by atoms with Crippen molar-refractivity contribution in [3.63, 3.8) is 0 Å². The zero-order chi connectivity index (χ0) is 14.3. The van der Waals surface area contributed by atoms with E-state index in [0.29, 0.717) is 0 Å². The van der Waals surface area contributed by atoms with Crippen LogP contribution in [0.25, 0.3) is 0 Å². The van der Waals surface area contributed by atoms with Crippen LogP contribution >= 0.6 is 11.3 Å². The average molecular weight is 288 g/mol. The average Bonchev–Trinajstić information content (AvgIpc) is 3.00. The minimum atomic E-state index is -0.159. The largest absolute Gasteiger partial charge is 0.497 e. The molecule has 3 nitrogen and oxygen atoms in total. The van der Waals surface area contributed by atoms with Crippen molar-refractivity contribution in [1.82, 2.24) is 10.3 Å². The first-order chi connectivity index (χ1) is 9.60. The third-order valence-electron chi connectivity index (χ3n) is 4.37. The van der Waals surface area contributed by atoms with Crippen molar-refractivity contribution in [3.05, 3.63) is 44.9 Å². The van der Waals surface area contributed by atoms with E-state index in [1.54, 1.807) is 18.4 Å². The van der Waals surface area contributed by atoms with Gasteiger partial charge in [-0.1, -0.05) is 6.07 Å². The fourth-order valence-corrected chi connectivity index (χ4v) is 4.15. The van der Waals surface area contributed by atoms with Gasteiger partial charge in [-0.3, -0.25) is 0 Å². The third kappa shape index (κ3) is 1.86. The second kappa shape index (κ2) is 4.86. The molecule has 3 rings (SSSR count). The molecule has 0 fully saturated rings. The van der Waals surface area contributed by atoms with Crippen LogP contribution in [-0.4, -0.2) is 19.1 Å². The molecule has 1 aliphatic rings. The minimum absolute atomic E-state index is 0.159. The molecule has 0 amide bonds. The zero-order valence-corrected chi connectivity index (χ0v) is 13.2. The maximum atomic E-state index is 5.40. The molecule has 20 heavy (non-hydrogen) atoms. The second-order valence-corrected chi connectivity index (χ2v) is 6.54. The number of benzene rings is 1. The van der Waals surface area contributed by atoms with Crippen molar-refractivity contribution >= 4 is 11.3 Å². The molecule has 1 N–H and O–H groups in total. The van der Waals surface area contributed by atoms with Crippen LogP contribution < -0.4 is 10.1 Å². The number of nitrogens with one attached hydrogen (secondary N) is 1. The van der Waals surface area contributed by atoms with Crippen LogP contribution in [0, 0.1) is 13.8 Å². The fraction of sp³-hybridized carbons (Fsp3) is 0.438. The van der Waals surface area contributed by atoms with Crippen LogP contribution in [0.5, 0.6) is 5.75 Å². The van der Waals surface area contributed by atoms with Gasteiger partial charge in [-0.15, -0.1) is 11.3 Å². The summed E-state index contributed by atoms with van der Waals surface area (Å²) in [6.07, 6.45) is 2.14. The van der Waals surface area contributed by atoms with E-state index in [-0.39, 0.29) is 5.54 Å². The first-order valence-corrected chi connectivity index (χ1v) is 7.73. The van der Waals surface area contributed by atoms with Crippen LogP contribution in [0.1, 0.15) is 33.1 Å². The Hall–Kier alpha value is -1.39. The Bertz CT molecular complexity index is 630. The number of aryl methyl sites for hydroxylation is 3. The predicted octanol–water partition coefficient (Wildman–Crippen LogP) is 3.18. The second-order valence-electron chi connectivity index (χ2n) is 5.34. The lowest BCUT2D eigenvalue weighted by Crippen LogP contribution is -2.39. The molecular weight excluding hydrogens is 268 g/mol. The van der Waals surface area contributed by atoms with Gasteiger partial charge in [0.05, 0.1) is 18.3 Å². The molecule has 1 unspecified atom stereocenters. The van der Waals surface area contributed by atoms with Gasteiger partial charge in [-0.05, 0) is 57.0 Å². The van der Waals surface area contributed by atoms with E-state index in [9.17, 15) is 0 Å². The Morgan fingerprint density at radius 2 is 2.15 bits per heavy atom. The fourth-order valence-electron chi connectivity index (χ4n) is 3.00. The lowest BCUT2D eigenvalue weighted by Gasteiger charge is -2.28. The summed E-state index contributed by atoms with van der Waals surface area (Å²) in [4.78, 5) is 6.10. The minimum Gasteiger partial charge on any atom is -0.497 e. The van der Waals surface area contributed by atoms with Crippen molar-refractivity contribution in [2.45, 2.75) is 32.2 Å². The van der Waals surface area contributed by atoms with E-state index < -0.39 is 0 Å². The highest BCUT2D eigenvalue weighted by molar-refractivity contribution is 7.11. The topological polar surface area (TPSA) is 34.2 Å². The smallest absolute Gasteiger partial charge is 0.119 e. The molecular formula is C16H20N2OS. The van der Waals surface area contributed by atoms with E-state index >= 15 is 0 Å². The summed E-state index contributed by atoms with van der Waals surface area (Å²) in [6, 6.07) is 6.38. The molecule has 1 heterocycles. The molecule has 0 radical (unpaired) electrons. The molecule has 2 aromatic rings. The monoisotopic (exact) mass is 288 g/mol. The number of ether oxygens (including phenoxy) is 1. The number of thiazole rings is 1. The molecule has 1 aromatic heterocycles. The van der Waals surface area contributed by atoms with Gasteiger partial charge in [0, 0.05) is 4.88 Å². The third-order valence-corrected chi connectivity index (χ3v) is 5.60. The molecule has 1 atom stereocenters. The lowest BCUT2D eigenvalue weighted by atomic mass is 9.92. The van der Waals surface area contributed by atoms with Gasteiger partial charge in [0.15, 0.2) is 0 Å². The maximum Gasteiger partial charge on any atom is 0.119 e. The van der Waals surface area contributed by atoms with Gasteiger partial charge in [0.25, 0.3) is 0 Å². The summed E-state index contributed by atoms with van der Waals surface area (Å²) in [7, 11) is 3.75. The summed E-state index contributed by atoms with van der Waals surface area (Å²) < 4.78 is 5.40. The van der Waals surface area contributed by atoms with Crippen molar-refractivity contribution in [1.29, 1.82) is 0 Å². The normalized spacial score (nSPS) is 21.0. The quantitative estimate of drug-likeness (QED) is 0.942. The summed E-state index contributed by atoms with van der Waals surface area (Å²) >= 11 is 1.80. The van der Waals surface area contributed by atoms with Crippen LogP contribution in [0.2, 0.25) is 0 Å². The Morgan fingerprint density at radius 3 is 2.75 bits per heavy atom. The van der Waals surface area contributed by atoms with Gasteiger partial charge >= 0.3 is 0 Å². The molecule has 0 bridgehead atoms. The van der Waals surface area contributed by atoms with Crippen molar-refractivity contribution < 1.29 is 4.74 Å². The molecule has 0 spiro atoms. The predicted molar refractivity (Wildman–Crippen MR) is 82.7 cm³/mol. The van der Waals surface area contributed by atoms with E-state index in [2.05, 4.69) is 31.3 Å². The summed E-state index contributed by atoms with van der Waals surface area (Å²) in [5, 5.41) is 4.70. The summed E-state index contributed by atoms with van der Waals surface area (Å²) in [5.41, 5.74) is 3.68. The standard InChI is InChI=1S/C16H20N2OS/c1-10-11(2)20-15(18-10)16(17-3)8-7-12-5-6-13(19-4)9-14(12)16/h5-6,9,17H,7-8H2,1-4H3. The highest BCUT2D eigenvalue weighted by Crippen LogP contribution is 2.44. The first kappa shape index (κ1) is 13.6. The Labute approximate surface area is 124 Å². The number of rotatable bonds is 3. The summed E-state index contributed by atoms with van der Waals surface area (Å²) in [5.74, 6) is 0.912. The number of hydrogen-bond acceptors (Lipinski definition) is 4. The number of aromatic nitrogens is 1. The van der Waals surface area contributed by atoms with E-state index in [1.165, 1.54) is 21.0 Å².